The molecule has 0 bridgehead atoms. The Morgan fingerprint density at radius 3 is 1.21 bits per heavy atom. The lowest BCUT2D eigenvalue weighted by atomic mass is 9.98. The topological polar surface area (TPSA) is 34.1 Å². The van der Waals surface area contributed by atoms with Gasteiger partial charge in [-0.05, 0) is 24.3 Å². The smallest absolute Gasteiger partial charge is 0.194 e. The third-order valence-corrected chi connectivity index (χ3v) is 4.31. The van der Waals surface area contributed by atoms with Gasteiger partial charge in [0.25, 0.3) is 0 Å². The molecule has 24 heavy (non-hydrogen) atoms. The van der Waals surface area contributed by atoms with Crippen molar-refractivity contribution in [1.29, 1.82) is 0 Å². The van der Waals surface area contributed by atoms with Gasteiger partial charge in [-0.1, -0.05) is 71.7 Å². The monoisotopic (exact) mass is 354 g/mol. The van der Waals surface area contributed by atoms with Crippen LogP contribution >= 0.6 is 23.2 Å². The first-order valence-electron chi connectivity index (χ1n) is 7.26. The first kappa shape index (κ1) is 16.4. The van der Waals surface area contributed by atoms with Gasteiger partial charge in [0.15, 0.2) is 11.6 Å². The molecule has 0 saturated carbocycles. The van der Waals surface area contributed by atoms with Crippen LogP contribution in [0, 0.1) is 0 Å². The van der Waals surface area contributed by atoms with Crippen LogP contribution < -0.4 is 0 Å². The fourth-order valence-corrected chi connectivity index (χ4v) is 2.82. The van der Waals surface area contributed by atoms with Gasteiger partial charge < -0.3 is 0 Å². The minimum absolute atomic E-state index is 0.183. The van der Waals surface area contributed by atoms with Crippen LogP contribution in [0.5, 0.6) is 0 Å². The van der Waals surface area contributed by atoms with Gasteiger partial charge >= 0.3 is 0 Å². The first-order valence-corrected chi connectivity index (χ1v) is 8.02. The highest BCUT2D eigenvalue weighted by molar-refractivity contribution is 6.35. The standard InChI is InChI=1S/C20H12Cl2O2/c21-17-7-3-1-5-15(17)19(23)13-9-11-14(12-10-13)20(24)16-6-2-4-8-18(16)22/h1-12H. The second kappa shape index (κ2) is 7.00. The Balaban J connectivity index is 1.89. The van der Waals surface area contributed by atoms with Crippen molar-refractivity contribution < 1.29 is 9.59 Å². The zero-order valence-corrected chi connectivity index (χ0v) is 14.0. The third-order valence-electron chi connectivity index (χ3n) is 3.65. The number of benzene rings is 3. The summed E-state index contributed by atoms with van der Waals surface area (Å²) in [5.41, 5.74) is 1.81. The highest BCUT2D eigenvalue weighted by atomic mass is 35.5. The molecular weight excluding hydrogens is 343 g/mol. The largest absolute Gasteiger partial charge is 0.289 e. The van der Waals surface area contributed by atoms with E-state index in [1.807, 2.05) is 0 Å². The van der Waals surface area contributed by atoms with Crippen molar-refractivity contribution in [3.63, 3.8) is 0 Å². The number of ketones is 2. The summed E-state index contributed by atoms with van der Waals surface area (Å²) in [5.74, 6) is -0.366. The zero-order valence-electron chi connectivity index (χ0n) is 12.5. The Bertz CT molecular complexity index is 838. The minimum atomic E-state index is -0.183. The van der Waals surface area contributed by atoms with Gasteiger partial charge in [-0.3, -0.25) is 9.59 Å². The van der Waals surface area contributed by atoms with Gasteiger partial charge in [-0.15, -0.1) is 0 Å². The molecule has 0 aliphatic carbocycles. The Kier molecular flexibility index (Phi) is 4.79. The molecule has 0 aliphatic rings. The van der Waals surface area contributed by atoms with Gasteiger partial charge in [0, 0.05) is 22.3 Å². The van der Waals surface area contributed by atoms with Crippen LogP contribution in [0.25, 0.3) is 0 Å². The average molecular weight is 355 g/mol. The molecule has 4 heteroatoms. The molecule has 0 heterocycles. The molecule has 0 spiro atoms. The summed E-state index contributed by atoms with van der Waals surface area (Å²) in [6.07, 6.45) is 0. The number of carbonyl (C=O) groups is 2. The fourth-order valence-electron chi connectivity index (χ4n) is 2.37. The van der Waals surface area contributed by atoms with Gasteiger partial charge in [0.1, 0.15) is 0 Å². The van der Waals surface area contributed by atoms with E-state index in [9.17, 15) is 9.59 Å². The van der Waals surface area contributed by atoms with E-state index in [4.69, 9.17) is 23.2 Å². The van der Waals surface area contributed by atoms with Crippen LogP contribution in [0.15, 0.2) is 72.8 Å². The predicted octanol–water partition coefficient (Wildman–Crippen LogP) is 5.46. The number of hydrogen-bond acceptors (Lipinski definition) is 2. The van der Waals surface area contributed by atoms with Crippen molar-refractivity contribution in [3.8, 4) is 0 Å². The maximum atomic E-state index is 12.5. The van der Waals surface area contributed by atoms with E-state index in [1.54, 1.807) is 72.8 Å². The summed E-state index contributed by atoms with van der Waals surface area (Å²) >= 11 is 12.1. The Morgan fingerprint density at radius 2 is 0.875 bits per heavy atom. The van der Waals surface area contributed by atoms with Crippen molar-refractivity contribution in [1.82, 2.24) is 0 Å². The van der Waals surface area contributed by atoms with Crippen LogP contribution in [0.2, 0.25) is 10.0 Å². The van der Waals surface area contributed by atoms with Crippen LogP contribution in [0.1, 0.15) is 31.8 Å². The zero-order chi connectivity index (χ0) is 17.1. The number of halogens is 2. The van der Waals surface area contributed by atoms with Crippen molar-refractivity contribution in [3.05, 3.63) is 105 Å². The molecule has 2 nitrogen and oxygen atoms in total. The number of rotatable bonds is 4. The Labute approximate surface area is 149 Å². The van der Waals surface area contributed by atoms with Gasteiger partial charge in [0.2, 0.25) is 0 Å². The highest BCUT2D eigenvalue weighted by Crippen LogP contribution is 2.22. The Hall–Kier alpha value is -2.42. The van der Waals surface area contributed by atoms with E-state index in [-0.39, 0.29) is 11.6 Å². The van der Waals surface area contributed by atoms with Gasteiger partial charge in [-0.25, -0.2) is 0 Å². The van der Waals surface area contributed by atoms with E-state index in [0.29, 0.717) is 32.3 Å². The number of hydrogen-bond donors (Lipinski definition) is 0. The molecule has 3 rings (SSSR count). The van der Waals surface area contributed by atoms with Crippen LogP contribution in [0.3, 0.4) is 0 Å². The summed E-state index contributed by atoms with van der Waals surface area (Å²) in [6.45, 7) is 0. The highest BCUT2D eigenvalue weighted by Gasteiger charge is 2.15. The molecule has 0 aromatic heterocycles. The van der Waals surface area contributed by atoms with E-state index < -0.39 is 0 Å². The lowest BCUT2D eigenvalue weighted by Crippen LogP contribution is -2.05. The molecule has 118 valence electrons. The lowest BCUT2D eigenvalue weighted by molar-refractivity contribution is 0.102. The molecule has 0 aliphatic heterocycles. The molecule has 0 N–H and O–H groups in total. The average Bonchev–Trinajstić information content (AvgIpc) is 2.61. The molecule has 3 aromatic carbocycles. The van der Waals surface area contributed by atoms with E-state index in [2.05, 4.69) is 0 Å². The second-order valence-corrected chi connectivity index (χ2v) is 6.01. The van der Waals surface area contributed by atoms with Crippen molar-refractivity contribution in [2.24, 2.45) is 0 Å². The summed E-state index contributed by atoms with van der Waals surface area (Å²) < 4.78 is 0. The van der Waals surface area contributed by atoms with Gasteiger partial charge in [0.05, 0.1) is 10.0 Å². The third kappa shape index (κ3) is 3.25. The quantitative estimate of drug-likeness (QED) is 0.583. The van der Waals surface area contributed by atoms with E-state index in [0.717, 1.165) is 0 Å². The summed E-state index contributed by atoms with van der Waals surface area (Å²) in [7, 11) is 0. The SMILES string of the molecule is O=C(c1ccc(C(=O)c2ccccc2Cl)cc1)c1ccccc1Cl. The molecule has 0 amide bonds. The number of carbonyl (C=O) groups excluding carboxylic acids is 2. The van der Waals surface area contributed by atoms with Crippen molar-refractivity contribution in [2.75, 3.05) is 0 Å². The van der Waals surface area contributed by atoms with E-state index in [1.165, 1.54) is 0 Å². The van der Waals surface area contributed by atoms with Gasteiger partial charge in [-0.2, -0.15) is 0 Å². The van der Waals surface area contributed by atoms with Crippen LogP contribution in [-0.2, 0) is 0 Å². The molecule has 0 radical (unpaired) electrons. The molecule has 0 unspecified atom stereocenters. The van der Waals surface area contributed by atoms with Crippen molar-refractivity contribution in [2.45, 2.75) is 0 Å². The summed E-state index contributed by atoms with van der Waals surface area (Å²) in [4.78, 5) is 25.0. The molecule has 0 fully saturated rings. The van der Waals surface area contributed by atoms with Crippen molar-refractivity contribution >= 4 is 34.8 Å². The minimum Gasteiger partial charge on any atom is -0.289 e. The maximum Gasteiger partial charge on any atom is 0.194 e. The summed E-state index contributed by atoms with van der Waals surface area (Å²) in [5, 5.41) is 0.803. The maximum absolute atomic E-state index is 12.5. The van der Waals surface area contributed by atoms with E-state index >= 15 is 0 Å². The molecular formula is C20H12Cl2O2. The second-order valence-electron chi connectivity index (χ2n) is 5.20. The first-order chi connectivity index (χ1) is 11.6. The molecule has 0 atom stereocenters. The normalized spacial score (nSPS) is 10.4. The molecule has 0 saturated heterocycles. The summed E-state index contributed by atoms with van der Waals surface area (Å²) in [6, 6.07) is 20.2. The predicted molar refractivity (Wildman–Crippen MR) is 96.2 cm³/mol. The molecule has 3 aromatic rings. The van der Waals surface area contributed by atoms with Crippen LogP contribution in [0.4, 0.5) is 0 Å². The fraction of sp³-hybridized carbons (Fsp3) is 0. The van der Waals surface area contributed by atoms with Crippen LogP contribution in [-0.4, -0.2) is 11.6 Å². The lowest BCUT2D eigenvalue weighted by Gasteiger charge is -2.06. The Morgan fingerprint density at radius 1 is 0.542 bits per heavy atom.